The Kier molecular flexibility index (Phi) is 5.90. The highest BCUT2D eigenvalue weighted by atomic mass is 35.5. The molecular formula is C22H17Cl2N3O2S. The average molecular weight is 458 g/mol. The molecule has 0 N–H and O–H groups in total. The lowest BCUT2D eigenvalue weighted by Crippen LogP contribution is -2.22. The zero-order valence-electron chi connectivity index (χ0n) is 16.2. The van der Waals surface area contributed by atoms with Gasteiger partial charge in [0.2, 0.25) is 5.91 Å². The van der Waals surface area contributed by atoms with Crippen molar-refractivity contribution in [1.82, 2.24) is 9.97 Å². The summed E-state index contributed by atoms with van der Waals surface area (Å²) in [6.45, 7) is 3.59. The standard InChI is InChI=1S/C22H17Cl2N3O2S/c1-13-8-9-17-18(23)10-19(24)21(20(17)25-13)29-11-15-12-30-22(26-15)27(14(2)28)16-6-4-3-5-7-16/h3-10,12H,11H2,1-2H3. The van der Waals surface area contributed by atoms with Gasteiger partial charge in [0.05, 0.1) is 21.4 Å². The molecule has 0 spiro atoms. The molecule has 5 nitrogen and oxygen atoms in total. The van der Waals surface area contributed by atoms with Gasteiger partial charge in [0.25, 0.3) is 0 Å². The average Bonchev–Trinajstić information content (AvgIpc) is 3.16. The maximum absolute atomic E-state index is 12.2. The Hall–Kier alpha value is -2.67. The monoisotopic (exact) mass is 457 g/mol. The smallest absolute Gasteiger partial charge is 0.230 e. The maximum Gasteiger partial charge on any atom is 0.230 e. The van der Waals surface area contributed by atoms with Gasteiger partial charge in [-0.1, -0.05) is 41.4 Å². The summed E-state index contributed by atoms with van der Waals surface area (Å²) >= 11 is 14.1. The molecule has 0 radical (unpaired) electrons. The summed E-state index contributed by atoms with van der Waals surface area (Å²) in [5, 5.41) is 4.11. The molecule has 30 heavy (non-hydrogen) atoms. The number of thiazole rings is 1. The highest BCUT2D eigenvalue weighted by Crippen LogP contribution is 2.38. The third-order valence-corrected chi connectivity index (χ3v) is 5.87. The van der Waals surface area contributed by atoms with Crippen LogP contribution in [-0.4, -0.2) is 15.9 Å². The number of carbonyl (C=O) groups excluding carboxylic acids is 1. The number of hydrogen-bond acceptors (Lipinski definition) is 5. The molecule has 1 amide bonds. The van der Waals surface area contributed by atoms with Gasteiger partial charge in [0, 0.05) is 23.4 Å². The van der Waals surface area contributed by atoms with Gasteiger partial charge < -0.3 is 4.74 Å². The van der Waals surface area contributed by atoms with E-state index in [4.69, 9.17) is 27.9 Å². The topological polar surface area (TPSA) is 55.3 Å². The number of amides is 1. The number of benzene rings is 2. The summed E-state index contributed by atoms with van der Waals surface area (Å²) in [6.07, 6.45) is 0. The molecule has 0 aliphatic carbocycles. The van der Waals surface area contributed by atoms with E-state index in [0.717, 1.165) is 16.8 Å². The number of anilines is 2. The van der Waals surface area contributed by atoms with Gasteiger partial charge in [-0.05, 0) is 37.3 Å². The van der Waals surface area contributed by atoms with Crippen LogP contribution in [0, 0.1) is 6.92 Å². The summed E-state index contributed by atoms with van der Waals surface area (Å²) in [4.78, 5) is 22.9. The van der Waals surface area contributed by atoms with E-state index in [1.54, 1.807) is 11.0 Å². The predicted octanol–water partition coefficient (Wildman–Crippen LogP) is 6.57. The quantitative estimate of drug-likeness (QED) is 0.340. The normalized spacial score (nSPS) is 10.9. The van der Waals surface area contributed by atoms with E-state index in [1.165, 1.54) is 18.3 Å². The lowest BCUT2D eigenvalue weighted by molar-refractivity contribution is -0.115. The second-order valence-electron chi connectivity index (χ2n) is 6.62. The van der Waals surface area contributed by atoms with Crippen molar-refractivity contribution in [2.24, 2.45) is 0 Å². The van der Waals surface area contributed by atoms with E-state index >= 15 is 0 Å². The van der Waals surface area contributed by atoms with Gasteiger partial charge in [0.15, 0.2) is 10.9 Å². The number of aromatic nitrogens is 2. The summed E-state index contributed by atoms with van der Waals surface area (Å²) in [7, 11) is 0. The third-order valence-electron chi connectivity index (χ3n) is 4.40. The number of nitrogens with zero attached hydrogens (tertiary/aromatic N) is 3. The molecule has 0 atom stereocenters. The summed E-state index contributed by atoms with van der Waals surface area (Å²) in [5.41, 5.74) is 2.89. The van der Waals surface area contributed by atoms with Crippen molar-refractivity contribution in [1.29, 1.82) is 0 Å². The van der Waals surface area contributed by atoms with E-state index < -0.39 is 0 Å². The van der Waals surface area contributed by atoms with Crippen molar-refractivity contribution in [2.75, 3.05) is 4.90 Å². The van der Waals surface area contributed by atoms with Crippen LogP contribution in [0.4, 0.5) is 10.8 Å². The fraction of sp³-hybridized carbons (Fsp3) is 0.136. The molecule has 0 bridgehead atoms. The highest BCUT2D eigenvalue weighted by molar-refractivity contribution is 7.14. The molecule has 4 aromatic rings. The van der Waals surface area contributed by atoms with Crippen LogP contribution in [0.1, 0.15) is 18.3 Å². The molecule has 4 rings (SSSR count). The number of hydrogen-bond donors (Lipinski definition) is 0. The second kappa shape index (κ2) is 8.60. The van der Waals surface area contributed by atoms with Gasteiger partial charge in [-0.2, -0.15) is 0 Å². The van der Waals surface area contributed by atoms with Crippen molar-refractivity contribution in [3.8, 4) is 5.75 Å². The van der Waals surface area contributed by atoms with Crippen molar-refractivity contribution in [3.05, 3.63) is 75.3 Å². The van der Waals surface area contributed by atoms with Gasteiger partial charge >= 0.3 is 0 Å². The van der Waals surface area contributed by atoms with Crippen molar-refractivity contribution < 1.29 is 9.53 Å². The lowest BCUT2D eigenvalue weighted by Gasteiger charge is -2.17. The van der Waals surface area contributed by atoms with Crippen LogP contribution in [0.15, 0.2) is 53.9 Å². The molecule has 0 fully saturated rings. The summed E-state index contributed by atoms with van der Waals surface area (Å²) in [5.74, 6) is 0.343. The maximum atomic E-state index is 12.2. The van der Waals surface area contributed by atoms with Crippen LogP contribution in [0.25, 0.3) is 10.9 Å². The Labute approximate surface area is 187 Å². The first-order valence-electron chi connectivity index (χ1n) is 9.12. The van der Waals surface area contributed by atoms with Gasteiger partial charge in [0.1, 0.15) is 12.1 Å². The molecular weight excluding hydrogens is 441 g/mol. The fourth-order valence-electron chi connectivity index (χ4n) is 3.04. The fourth-order valence-corrected chi connectivity index (χ4v) is 4.49. The zero-order valence-corrected chi connectivity index (χ0v) is 18.6. The number of aryl methyl sites for hydroxylation is 1. The molecule has 0 saturated heterocycles. The first kappa shape index (κ1) is 20.6. The molecule has 8 heteroatoms. The van der Waals surface area contributed by atoms with E-state index in [1.807, 2.05) is 54.8 Å². The SMILES string of the molecule is CC(=O)N(c1ccccc1)c1nc(COc2c(Cl)cc(Cl)c3ccc(C)nc23)cs1. The third kappa shape index (κ3) is 4.12. The van der Waals surface area contributed by atoms with Gasteiger partial charge in [-0.15, -0.1) is 11.3 Å². The number of rotatable bonds is 5. The molecule has 0 unspecified atom stereocenters. The Morgan fingerprint density at radius 2 is 1.87 bits per heavy atom. The lowest BCUT2D eigenvalue weighted by atomic mass is 10.2. The zero-order chi connectivity index (χ0) is 21.3. The number of ether oxygens (including phenoxy) is 1. The van der Waals surface area contributed by atoms with Crippen molar-refractivity contribution in [3.63, 3.8) is 0 Å². The first-order chi connectivity index (χ1) is 14.4. The molecule has 0 aliphatic rings. The van der Waals surface area contributed by atoms with Crippen LogP contribution < -0.4 is 9.64 Å². The van der Waals surface area contributed by atoms with Crippen LogP contribution in [0.5, 0.6) is 5.75 Å². The highest BCUT2D eigenvalue weighted by Gasteiger charge is 2.19. The second-order valence-corrected chi connectivity index (χ2v) is 8.27. The van der Waals surface area contributed by atoms with Crippen LogP contribution in [0.3, 0.4) is 0 Å². The van der Waals surface area contributed by atoms with Crippen molar-refractivity contribution >= 4 is 62.2 Å². The number of para-hydroxylation sites is 1. The largest absolute Gasteiger partial charge is 0.483 e. The summed E-state index contributed by atoms with van der Waals surface area (Å²) in [6, 6.07) is 14.8. The predicted molar refractivity (Wildman–Crippen MR) is 122 cm³/mol. The number of pyridine rings is 1. The van der Waals surface area contributed by atoms with E-state index in [0.29, 0.717) is 32.1 Å². The number of fused-ring (bicyclic) bond motifs is 1. The van der Waals surface area contributed by atoms with Crippen LogP contribution in [0.2, 0.25) is 10.0 Å². The molecule has 2 heterocycles. The molecule has 0 aliphatic heterocycles. The molecule has 0 saturated carbocycles. The van der Waals surface area contributed by atoms with Gasteiger partial charge in [-0.3, -0.25) is 9.69 Å². The Morgan fingerprint density at radius 1 is 1.10 bits per heavy atom. The van der Waals surface area contributed by atoms with E-state index in [9.17, 15) is 4.79 Å². The molecule has 2 aromatic heterocycles. The van der Waals surface area contributed by atoms with Crippen molar-refractivity contribution in [2.45, 2.75) is 20.5 Å². The van der Waals surface area contributed by atoms with E-state index in [2.05, 4.69) is 9.97 Å². The first-order valence-corrected chi connectivity index (χ1v) is 10.8. The number of carbonyl (C=O) groups is 1. The van der Waals surface area contributed by atoms with E-state index in [-0.39, 0.29) is 12.5 Å². The van der Waals surface area contributed by atoms with Gasteiger partial charge in [-0.25, -0.2) is 9.97 Å². The Balaban J connectivity index is 1.61. The molecule has 152 valence electrons. The van der Waals surface area contributed by atoms with Crippen LogP contribution in [-0.2, 0) is 11.4 Å². The Morgan fingerprint density at radius 3 is 2.60 bits per heavy atom. The Bertz CT molecular complexity index is 1230. The summed E-state index contributed by atoms with van der Waals surface area (Å²) < 4.78 is 5.99. The number of halogens is 2. The minimum atomic E-state index is -0.116. The minimum absolute atomic E-state index is 0.116. The molecule has 2 aromatic carbocycles. The minimum Gasteiger partial charge on any atom is -0.483 e. The van der Waals surface area contributed by atoms with Crippen LogP contribution >= 0.6 is 34.5 Å².